The van der Waals surface area contributed by atoms with Crippen molar-refractivity contribution in [1.29, 1.82) is 0 Å². The smallest absolute Gasteiger partial charge is 0.306 e. The molecule has 4 nitrogen and oxygen atoms in total. The highest BCUT2D eigenvalue weighted by Gasteiger charge is 2.33. The lowest BCUT2D eigenvalue weighted by atomic mass is 10.0. The highest BCUT2D eigenvalue weighted by atomic mass is 16.4. The molecule has 0 saturated heterocycles. The average Bonchev–Trinajstić information content (AvgIpc) is 2.95. The standard InChI is InChI=1S/C16H21NO3/c1-11(12-5-3-2-4-6-12)10-17-15(18)13-7-8-14(9-13)16(19)20/h2-6,11,13-14H,7-10H2,1H3,(H,17,18)(H,19,20). The Morgan fingerprint density at radius 1 is 1.25 bits per heavy atom. The molecule has 3 unspecified atom stereocenters. The molecule has 2 N–H and O–H groups in total. The maximum Gasteiger partial charge on any atom is 0.306 e. The summed E-state index contributed by atoms with van der Waals surface area (Å²) in [6.07, 6.45) is 1.77. The zero-order valence-electron chi connectivity index (χ0n) is 11.7. The lowest BCUT2D eigenvalue weighted by molar-refractivity contribution is -0.141. The highest BCUT2D eigenvalue weighted by Crippen LogP contribution is 2.31. The Morgan fingerprint density at radius 2 is 1.90 bits per heavy atom. The topological polar surface area (TPSA) is 66.4 Å². The van der Waals surface area contributed by atoms with E-state index in [1.807, 2.05) is 30.3 Å². The van der Waals surface area contributed by atoms with Gasteiger partial charge in [0.15, 0.2) is 0 Å². The van der Waals surface area contributed by atoms with Gasteiger partial charge in [-0.05, 0) is 30.7 Å². The van der Waals surface area contributed by atoms with Crippen molar-refractivity contribution in [2.75, 3.05) is 6.54 Å². The van der Waals surface area contributed by atoms with Gasteiger partial charge in [0.05, 0.1) is 5.92 Å². The Kier molecular flexibility index (Phi) is 4.77. The van der Waals surface area contributed by atoms with Gasteiger partial charge in [-0.25, -0.2) is 0 Å². The summed E-state index contributed by atoms with van der Waals surface area (Å²) in [7, 11) is 0. The van der Waals surface area contributed by atoms with Crippen LogP contribution in [0.2, 0.25) is 0 Å². The van der Waals surface area contributed by atoms with Crippen molar-refractivity contribution in [2.45, 2.75) is 32.1 Å². The molecule has 1 amide bonds. The van der Waals surface area contributed by atoms with Crippen LogP contribution in [-0.4, -0.2) is 23.5 Å². The monoisotopic (exact) mass is 275 g/mol. The number of nitrogens with one attached hydrogen (secondary N) is 1. The van der Waals surface area contributed by atoms with E-state index in [2.05, 4.69) is 12.2 Å². The minimum Gasteiger partial charge on any atom is -0.481 e. The van der Waals surface area contributed by atoms with Crippen LogP contribution >= 0.6 is 0 Å². The molecular formula is C16H21NO3. The fourth-order valence-corrected chi connectivity index (χ4v) is 2.74. The van der Waals surface area contributed by atoms with E-state index >= 15 is 0 Å². The van der Waals surface area contributed by atoms with Gasteiger partial charge in [-0.3, -0.25) is 9.59 Å². The van der Waals surface area contributed by atoms with E-state index in [0.717, 1.165) is 0 Å². The maximum absolute atomic E-state index is 12.0. The first-order chi connectivity index (χ1) is 9.58. The highest BCUT2D eigenvalue weighted by molar-refractivity contribution is 5.80. The Hall–Kier alpha value is -1.84. The molecule has 0 bridgehead atoms. The third-order valence-electron chi connectivity index (χ3n) is 4.10. The maximum atomic E-state index is 12.0. The summed E-state index contributed by atoms with van der Waals surface area (Å²) < 4.78 is 0. The van der Waals surface area contributed by atoms with E-state index in [-0.39, 0.29) is 23.7 Å². The van der Waals surface area contributed by atoms with Gasteiger partial charge in [-0.1, -0.05) is 37.3 Å². The zero-order valence-corrected chi connectivity index (χ0v) is 11.7. The van der Waals surface area contributed by atoms with Crippen LogP contribution < -0.4 is 5.32 Å². The molecule has 0 spiro atoms. The van der Waals surface area contributed by atoms with Gasteiger partial charge in [0.1, 0.15) is 0 Å². The number of hydrogen-bond donors (Lipinski definition) is 2. The molecule has 0 aromatic heterocycles. The summed E-state index contributed by atoms with van der Waals surface area (Å²) in [5.74, 6) is -1.01. The lowest BCUT2D eigenvalue weighted by Gasteiger charge is -2.15. The zero-order chi connectivity index (χ0) is 14.5. The first-order valence-electron chi connectivity index (χ1n) is 7.13. The molecule has 20 heavy (non-hydrogen) atoms. The van der Waals surface area contributed by atoms with Gasteiger partial charge < -0.3 is 10.4 Å². The predicted octanol–water partition coefficient (Wildman–Crippen LogP) is 2.41. The first-order valence-corrected chi connectivity index (χ1v) is 7.13. The number of carboxylic acid groups (broad SMARTS) is 1. The number of benzene rings is 1. The van der Waals surface area contributed by atoms with Crippen LogP contribution in [0.3, 0.4) is 0 Å². The van der Waals surface area contributed by atoms with Gasteiger partial charge in [-0.15, -0.1) is 0 Å². The molecule has 108 valence electrons. The van der Waals surface area contributed by atoms with Gasteiger partial charge in [0.2, 0.25) is 5.91 Å². The number of aliphatic carboxylic acids is 1. The second kappa shape index (κ2) is 6.55. The van der Waals surface area contributed by atoms with Crippen molar-refractivity contribution in [3.8, 4) is 0 Å². The average molecular weight is 275 g/mol. The summed E-state index contributed by atoms with van der Waals surface area (Å²) in [4.78, 5) is 22.9. The van der Waals surface area contributed by atoms with Gasteiger partial charge in [0.25, 0.3) is 0 Å². The van der Waals surface area contributed by atoms with E-state index in [1.165, 1.54) is 5.56 Å². The SMILES string of the molecule is CC(CNC(=O)C1CCC(C(=O)O)C1)c1ccccc1. The minimum atomic E-state index is -0.780. The molecule has 1 aliphatic carbocycles. The van der Waals surface area contributed by atoms with Crippen LogP contribution in [0.25, 0.3) is 0 Å². The van der Waals surface area contributed by atoms with Gasteiger partial charge in [-0.2, -0.15) is 0 Å². The molecule has 0 radical (unpaired) electrons. The van der Waals surface area contributed by atoms with Crippen LogP contribution in [0.4, 0.5) is 0 Å². The summed E-state index contributed by atoms with van der Waals surface area (Å²) in [6.45, 7) is 2.67. The second-order valence-electron chi connectivity index (χ2n) is 5.60. The molecule has 1 aromatic carbocycles. The van der Waals surface area contributed by atoms with E-state index in [0.29, 0.717) is 25.8 Å². The molecule has 3 atom stereocenters. The van der Waals surface area contributed by atoms with Crippen LogP contribution in [-0.2, 0) is 9.59 Å². The number of rotatable bonds is 5. The third kappa shape index (κ3) is 3.59. The third-order valence-corrected chi connectivity index (χ3v) is 4.10. The number of hydrogen-bond acceptors (Lipinski definition) is 2. The Morgan fingerprint density at radius 3 is 2.50 bits per heavy atom. The second-order valence-corrected chi connectivity index (χ2v) is 5.60. The Bertz CT molecular complexity index is 472. The van der Waals surface area contributed by atoms with Gasteiger partial charge in [0, 0.05) is 12.5 Å². The summed E-state index contributed by atoms with van der Waals surface area (Å²) in [5, 5.41) is 11.9. The molecule has 1 saturated carbocycles. The fraction of sp³-hybridized carbons (Fsp3) is 0.500. The van der Waals surface area contributed by atoms with Crippen LogP contribution in [0.1, 0.15) is 37.7 Å². The molecular weight excluding hydrogens is 254 g/mol. The number of carboxylic acids is 1. The minimum absolute atomic E-state index is 0.00321. The van der Waals surface area contributed by atoms with E-state index in [4.69, 9.17) is 5.11 Å². The number of carbonyl (C=O) groups excluding carboxylic acids is 1. The fourth-order valence-electron chi connectivity index (χ4n) is 2.74. The quantitative estimate of drug-likeness (QED) is 0.867. The molecule has 2 rings (SSSR count). The first kappa shape index (κ1) is 14.6. The Labute approximate surface area is 119 Å². The van der Waals surface area contributed by atoms with E-state index in [1.54, 1.807) is 0 Å². The summed E-state index contributed by atoms with van der Waals surface area (Å²) in [5.41, 5.74) is 1.20. The lowest BCUT2D eigenvalue weighted by Crippen LogP contribution is -2.32. The largest absolute Gasteiger partial charge is 0.481 e. The van der Waals surface area contributed by atoms with E-state index in [9.17, 15) is 9.59 Å². The summed E-state index contributed by atoms with van der Waals surface area (Å²) >= 11 is 0. The van der Waals surface area contributed by atoms with E-state index < -0.39 is 5.97 Å². The molecule has 4 heteroatoms. The van der Waals surface area contributed by atoms with Crippen LogP contribution in [0, 0.1) is 11.8 Å². The van der Waals surface area contributed by atoms with Crippen molar-refractivity contribution < 1.29 is 14.7 Å². The molecule has 1 aromatic rings. The molecule has 0 aliphatic heterocycles. The summed E-state index contributed by atoms with van der Waals surface area (Å²) in [6, 6.07) is 10.0. The van der Waals surface area contributed by atoms with Gasteiger partial charge >= 0.3 is 5.97 Å². The Balaban J connectivity index is 1.80. The van der Waals surface area contributed by atoms with Crippen LogP contribution in [0.5, 0.6) is 0 Å². The number of carbonyl (C=O) groups is 2. The molecule has 1 aliphatic rings. The normalized spacial score (nSPS) is 23.2. The van der Waals surface area contributed by atoms with Crippen molar-refractivity contribution >= 4 is 11.9 Å². The molecule has 0 heterocycles. The number of amides is 1. The van der Waals surface area contributed by atoms with Crippen molar-refractivity contribution in [1.82, 2.24) is 5.32 Å². The van der Waals surface area contributed by atoms with Crippen molar-refractivity contribution in [2.24, 2.45) is 11.8 Å². The predicted molar refractivity (Wildman–Crippen MR) is 76.3 cm³/mol. The molecule has 1 fully saturated rings. The van der Waals surface area contributed by atoms with Crippen molar-refractivity contribution in [3.63, 3.8) is 0 Å². The van der Waals surface area contributed by atoms with Crippen LogP contribution in [0.15, 0.2) is 30.3 Å². The van der Waals surface area contributed by atoms with Crippen molar-refractivity contribution in [3.05, 3.63) is 35.9 Å².